The highest BCUT2D eigenvalue weighted by Gasteiger charge is 2.27. The summed E-state index contributed by atoms with van der Waals surface area (Å²) in [5.74, 6) is -2.10. The number of carbonyl (C=O) groups is 4. The summed E-state index contributed by atoms with van der Waals surface area (Å²) in [5.41, 5.74) is 1.57. The van der Waals surface area contributed by atoms with Crippen molar-refractivity contribution in [1.82, 2.24) is 10.6 Å². The molecule has 0 saturated heterocycles. The fourth-order valence-corrected chi connectivity index (χ4v) is 2.84. The zero-order valence-electron chi connectivity index (χ0n) is 17.2. The van der Waals surface area contributed by atoms with E-state index in [1.165, 1.54) is 6.92 Å². The fraction of sp³-hybridized carbons (Fsp3) is 0.304. The number of rotatable bonds is 11. The van der Waals surface area contributed by atoms with Gasteiger partial charge in [-0.1, -0.05) is 60.7 Å². The molecule has 2 rings (SSSR count). The molecule has 0 unspecified atom stereocenters. The van der Waals surface area contributed by atoms with Crippen molar-refractivity contribution in [1.29, 1.82) is 0 Å². The summed E-state index contributed by atoms with van der Waals surface area (Å²) in [4.78, 5) is 47.7. The van der Waals surface area contributed by atoms with E-state index in [1.807, 2.05) is 24.3 Å². The van der Waals surface area contributed by atoms with Gasteiger partial charge in [-0.3, -0.25) is 4.79 Å². The number of carboxylic acids is 1. The maximum Gasteiger partial charge on any atom is 0.408 e. The van der Waals surface area contributed by atoms with E-state index < -0.39 is 30.1 Å². The quantitative estimate of drug-likeness (QED) is 0.507. The number of Topliss-reactive ketones (excluding diaryl/α,β-unsaturated/α-hetero) is 1. The van der Waals surface area contributed by atoms with Crippen LogP contribution in [-0.4, -0.2) is 40.9 Å². The number of alkyl carbamates (subject to hydrolysis) is 1. The van der Waals surface area contributed by atoms with Crippen LogP contribution in [0.15, 0.2) is 60.7 Å². The number of nitrogens with one attached hydrogen (secondary N) is 2. The Morgan fingerprint density at radius 1 is 0.871 bits per heavy atom. The predicted octanol–water partition coefficient (Wildman–Crippen LogP) is 2.46. The third-order valence-electron chi connectivity index (χ3n) is 4.50. The number of ether oxygens (including phenoxy) is 1. The van der Waals surface area contributed by atoms with E-state index in [9.17, 15) is 24.3 Å². The highest BCUT2D eigenvalue weighted by atomic mass is 16.5. The van der Waals surface area contributed by atoms with Crippen molar-refractivity contribution < 1.29 is 29.0 Å². The normalized spacial score (nSPS) is 12.3. The minimum Gasteiger partial charge on any atom is -0.480 e. The summed E-state index contributed by atoms with van der Waals surface area (Å²) >= 11 is 0. The summed E-state index contributed by atoms with van der Waals surface area (Å²) < 4.78 is 5.19. The minimum atomic E-state index is -1.25. The van der Waals surface area contributed by atoms with Gasteiger partial charge in [0.25, 0.3) is 0 Å². The lowest BCUT2D eigenvalue weighted by Gasteiger charge is -2.21. The Labute approximate surface area is 180 Å². The summed E-state index contributed by atoms with van der Waals surface area (Å²) in [7, 11) is 0. The van der Waals surface area contributed by atoms with Crippen LogP contribution in [0.2, 0.25) is 0 Å². The SMILES string of the molecule is CC(=O)CC[C@@H](NC(=O)[C@@H](Cc1ccccc1)NC(=O)OCc1ccccc1)C(=O)O. The molecule has 0 bridgehead atoms. The van der Waals surface area contributed by atoms with Gasteiger partial charge in [-0.05, 0) is 24.5 Å². The minimum absolute atomic E-state index is 0.0210. The van der Waals surface area contributed by atoms with Gasteiger partial charge in [0.1, 0.15) is 24.5 Å². The average Bonchev–Trinajstić information content (AvgIpc) is 2.75. The van der Waals surface area contributed by atoms with Crippen LogP contribution < -0.4 is 10.6 Å². The number of aliphatic carboxylic acids is 1. The van der Waals surface area contributed by atoms with Gasteiger partial charge in [0.15, 0.2) is 0 Å². The van der Waals surface area contributed by atoms with Gasteiger partial charge >= 0.3 is 12.1 Å². The van der Waals surface area contributed by atoms with Gasteiger partial charge in [0, 0.05) is 12.8 Å². The topological polar surface area (TPSA) is 122 Å². The van der Waals surface area contributed by atoms with E-state index in [4.69, 9.17) is 4.74 Å². The average molecular weight is 426 g/mol. The van der Waals surface area contributed by atoms with Gasteiger partial charge in [0.2, 0.25) is 5.91 Å². The number of carbonyl (C=O) groups excluding carboxylic acids is 3. The summed E-state index contributed by atoms with van der Waals surface area (Å²) in [6.07, 6.45) is -0.665. The molecule has 0 aliphatic rings. The largest absolute Gasteiger partial charge is 0.480 e. The van der Waals surface area contributed by atoms with Crippen LogP contribution in [-0.2, 0) is 32.1 Å². The first-order valence-corrected chi connectivity index (χ1v) is 9.89. The van der Waals surface area contributed by atoms with E-state index in [-0.39, 0.29) is 31.7 Å². The second-order valence-corrected chi connectivity index (χ2v) is 7.09. The number of hydrogen-bond acceptors (Lipinski definition) is 5. The predicted molar refractivity (Wildman–Crippen MR) is 113 cm³/mol. The number of benzene rings is 2. The molecular formula is C23H26N2O6. The van der Waals surface area contributed by atoms with Crippen LogP contribution in [0.4, 0.5) is 4.79 Å². The number of carboxylic acid groups (broad SMARTS) is 1. The lowest BCUT2D eigenvalue weighted by molar-refractivity contribution is -0.142. The lowest BCUT2D eigenvalue weighted by Crippen LogP contribution is -2.52. The molecule has 0 aromatic heterocycles. The van der Waals surface area contributed by atoms with Crippen molar-refractivity contribution in [2.24, 2.45) is 0 Å². The smallest absolute Gasteiger partial charge is 0.408 e. The van der Waals surface area contributed by atoms with E-state index in [1.54, 1.807) is 36.4 Å². The van der Waals surface area contributed by atoms with Crippen LogP contribution in [0.3, 0.4) is 0 Å². The Morgan fingerprint density at radius 2 is 1.45 bits per heavy atom. The first-order valence-electron chi connectivity index (χ1n) is 9.89. The zero-order chi connectivity index (χ0) is 22.6. The third kappa shape index (κ3) is 8.69. The first kappa shape index (κ1) is 23.6. The maximum atomic E-state index is 12.8. The van der Waals surface area contributed by atoms with Crippen molar-refractivity contribution in [3.63, 3.8) is 0 Å². The molecule has 0 aliphatic carbocycles. The molecule has 0 radical (unpaired) electrons. The van der Waals surface area contributed by atoms with Gasteiger partial charge < -0.3 is 25.3 Å². The van der Waals surface area contributed by atoms with Crippen LogP contribution in [0.25, 0.3) is 0 Å². The van der Waals surface area contributed by atoms with Crippen molar-refractivity contribution in [2.45, 2.75) is 44.9 Å². The van der Waals surface area contributed by atoms with Gasteiger partial charge in [-0.15, -0.1) is 0 Å². The Balaban J connectivity index is 2.05. The van der Waals surface area contributed by atoms with Gasteiger partial charge in [-0.2, -0.15) is 0 Å². The molecular weight excluding hydrogens is 400 g/mol. The monoisotopic (exact) mass is 426 g/mol. The molecule has 2 amide bonds. The van der Waals surface area contributed by atoms with E-state index >= 15 is 0 Å². The van der Waals surface area contributed by atoms with Crippen LogP contribution >= 0.6 is 0 Å². The second kappa shape index (κ2) is 12.1. The molecule has 0 spiro atoms. The number of amides is 2. The van der Waals surface area contributed by atoms with Crippen LogP contribution in [0.1, 0.15) is 30.9 Å². The number of hydrogen-bond donors (Lipinski definition) is 3. The van der Waals surface area contributed by atoms with Crippen molar-refractivity contribution in [3.8, 4) is 0 Å². The van der Waals surface area contributed by atoms with Crippen LogP contribution in [0.5, 0.6) is 0 Å². The molecule has 8 heteroatoms. The highest BCUT2D eigenvalue weighted by Crippen LogP contribution is 2.07. The van der Waals surface area contributed by atoms with E-state index in [0.717, 1.165) is 11.1 Å². The van der Waals surface area contributed by atoms with E-state index in [0.29, 0.717) is 0 Å². The molecule has 2 atom stereocenters. The van der Waals surface area contributed by atoms with Crippen molar-refractivity contribution >= 4 is 23.8 Å². The molecule has 31 heavy (non-hydrogen) atoms. The standard InChI is InChI=1S/C23H26N2O6/c1-16(26)12-13-19(22(28)29)24-21(27)20(14-17-8-4-2-5-9-17)25-23(30)31-15-18-10-6-3-7-11-18/h2-11,19-20H,12-15H2,1H3,(H,24,27)(H,25,30)(H,28,29)/t19-,20-/m1/s1. The molecule has 0 fully saturated rings. The molecule has 0 aliphatic heterocycles. The van der Waals surface area contributed by atoms with Gasteiger partial charge in [0.05, 0.1) is 0 Å². The molecule has 2 aromatic carbocycles. The van der Waals surface area contributed by atoms with Crippen molar-refractivity contribution in [3.05, 3.63) is 71.8 Å². The lowest BCUT2D eigenvalue weighted by atomic mass is 10.0. The van der Waals surface area contributed by atoms with Gasteiger partial charge in [-0.25, -0.2) is 9.59 Å². The Kier molecular flexibility index (Phi) is 9.22. The molecule has 164 valence electrons. The Bertz CT molecular complexity index is 885. The maximum absolute atomic E-state index is 12.8. The second-order valence-electron chi connectivity index (χ2n) is 7.09. The summed E-state index contributed by atoms with van der Waals surface area (Å²) in [5, 5.41) is 14.3. The molecule has 8 nitrogen and oxygen atoms in total. The Morgan fingerprint density at radius 3 is 2.00 bits per heavy atom. The molecule has 0 heterocycles. The third-order valence-corrected chi connectivity index (χ3v) is 4.50. The summed E-state index contributed by atoms with van der Waals surface area (Å²) in [6.45, 7) is 1.38. The molecule has 2 aromatic rings. The van der Waals surface area contributed by atoms with E-state index in [2.05, 4.69) is 10.6 Å². The highest BCUT2D eigenvalue weighted by molar-refractivity contribution is 5.89. The molecule has 3 N–H and O–H groups in total. The van der Waals surface area contributed by atoms with Crippen molar-refractivity contribution in [2.75, 3.05) is 0 Å². The zero-order valence-corrected chi connectivity index (χ0v) is 17.2. The van der Waals surface area contributed by atoms with Crippen LogP contribution in [0, 0.1) is 0 Å². The number of ketones is 1. The fourth-order valence-electron chi connectivity index (χ4n) is 2.84. The molecule has 0 saturated carbocycles. The Hall–Kier alpha value is -3.68. The summed E-state index contributed by atoms with van der Waals surface area (Å²) in [6, 6.07) is 15.8. The first-order chi connectivity index (χ1) is 14.8.